The number of carbonyl (C=O) groups excluding carboxylic acids is 1. The average Bonchev–Trinajstić information content (AvgIpc) is 2.70. The second-order valence-corrected chi connectivity index (χ2v) is 7.72. The largest absolute Gasteiger partial charge is 0.350 e. The summed E-state index contributed by atoms with van der Waals surface area (Å²) in [6.45, 7) is -0.0728. The number of pyridine rings is 2. The minimum Gasteiger partial charge on any atom is -0.350 e. The first-order valence-electron chi connectivity index (χ1n) is 7.96. The molecule has 26 heavy (non-hydrogen) atoms. The lowest BCUT2D eigenvalue weighted by molar-refractivity contribution is 0.0953. The van der Waals surface area contributed by atoms with E-state index in [0.29, 0.717) is 11.1 Å². The number of amides is 1. The van der Waals surface area contributed by atoms with Crippen LogP contribution in [0, 0.1) is 0 Å². The van der Waals surface area contributed by atoms with E-state index in [1.54, 1.807) is 67.0 Å². The molecule has 132 valence electrons. The molecule has 1 N–H and O–H groups in total. The highest BCUT2D eigenvalue weighted by atomic mass is 32.2. The Bertz CT molecular complexity index is 963. The molecule has 1 amide bonds. The molecule has 0 aliphatic carbocycles. The molecule has 1 aromatic carbocycles. The number of sulfone groups is 1. The van der Waals surface area contributed by atoms with Gasteiger partial charge in [0.05, 0.1) is 10.5 Å². The molecule has 0 spiro atoms. The molecule has 1 atom stereocenters. The summed E-state index contributed by atoms with van der Waals surface area (Å²) in [5, 5.41) is 1.74. The van der Waals surface area contributed by atoms with E-state index >= 15 is 0 Å². The van der Waals surface area contributed by atoms with Crippen molar-refractivity contribution in [3.05, 3.63) is 90.5 Å². The van der Waals surface area contributed by atoms with E-state index in [4.69, 9.17) is 0 Å². The second kappa shape index (κ2) is 7.88. The van der Waals surface area contributed by atoms with Gasteiger partial charge in [0.15, 0.2) is 9.84 Å². The summed E-state index contributed by atoms with van der Waals surface area (Å²) in [6, 6.07) is 14.8. The van der Waals surface area contributed by atoms with Gasteiger partial charge in [-0.2, -0.15) is 0 Å². The summed E-state index contributed by atoms with van der Waals surface area (Å²) >= 11 is 0. The van der Waals surface area contributed by atoms with Gasteiger partial charge >= 0.3 is 0 Å². The Labute approximate surface area is 151 Å². The zero-order chi connectivity index (χ0) is 18.4. The molecule has 0 bridgehead atoms. The maximum Gasteiger partial charge on any atom is 0.252 e. The molecule has 2 heterocycles. The maximum atomic E-state index is 13.1. The predicted molar refractivity (Wildman–Crippen MR) is 97.2 cm³/mol. The molecule has 0 aliphatic rings. The molecule has 0 aliphatic heterocycles. The van der Waals surface area contributed by atoms with Crippen LogP contribution in [0.2, 0.25) is 0 Å². The lowest BCUT2D eigenvalue weighted by Crippen LogP contribution is -2.32. The van der Waals surface area contributed by atoms with Crippen molar-refractivity contribution in [1.82, 2.24) is 15.3 Å². The van der Waals surface area contributed by atoms with Crippen LogP contribution in [-0.2, 0) is 9.84 Å². The van der Waals surface area contributed by atoms with Crippen molar-refractivity contribution in [1.29, 1.82) is 0 Å². The monoisotopic (exact) mass is 367 g/mol. The lowest BCUT2D eigenvalue weighted by Gasteiger charge is -2.18. The van der Waals surface area contributed by atoms with Crippen LogP contribution >= 0.6 is 0 Å². The molecular weight excluding hydrogens is 350 g/mol. The van der Waals surface area contributed by atoms with E-state index in [0.717, 1.165) is 0 Å². The number of aromatic nitrogens is 2. The van der Waals surface area contributed by atoms with Crippen molar-refractivity contribution in [3.8, 4) is 0 Å². The zero-order valence-electron chi connectivity index (χ0n) is 13.8. The number of nitrogens with one attached hydrogen (secondary N) is 1. The number of hydrogen-bond donors (Lipinski definition) is 1. The molecule has 7 heteroatoms. The number of nitrogens with zero attached hydrogens (tertiary/aromatic N) is 2. The van der Waals surface area contributed by atoms with Crippen molar-refractivity contribution in [2.24, 2.45) is 0 Å². The van der Waals surface area contributed by atoms with E-state index in [-0.39, 0.29) is 17.3 Å². The average molecular weight is 367 g/mol. The Morgan fingerprint density at radius 1 is 0.923 bits per heavy atom. The number of benzene rings is 1. The van der Waals surface area contributed by atoms with Crippen LogP contribution in [-0.4, -0.2) is 30.8 Å². The highest BCUT2D eigenvalue weighted by molar-refractivity contribution is 7.91. The fraction of sp³-hybridized carbons (Fsp3) is 0.105. The van der Waals surface area contributed by atoms with E-state index in [2.05, 4.69) is 15.3 Å². The van der Waals surface area contributed by atoms with Crippen LogP contribution < -0.4 is 5.32 Å². The van der Waals surface area contributed by atoms with Gasteiger partial charge in [0.2, 0.25) is 0 Å². The topological polar surface area (TPSA) is 89.0 Å². The van der Waals surface area contributed by atoms with Crippen LogP contribution in [0.1, 0.15) is 21.2 Å². The first kappa shape index (κ1) is 17.8. The second-order valence-electron chi connectivity index (χ2n) is 5.58. The van der Waals surface area contributed by atoms with Gasteiger partial charge in [-0.05, 0) is 35.9 Å². The van der Waals surface area contributed by atoms with Gasteiger partial charge in [0.25, 0.3) is 5.91 Å². The molecule has 3 aromatic rings. The molecule has 0 saturated heterocycles. The lowest BCUT2D eigenvalue weighted by atomic mass is 10.2. The fourth-order valence-electron chi connectivity index (χ4n) is 2.53. The molecule has 0 fully saturated rings. The predicted octanol–water partition coefficient (Wildman–Crippen LogP) is 2.42. The number of rotatable bonds is 6. The summed E-state index contributed by atoms with van der Waals surface area (Å²) in [6.07, 6.45) is 6.07. The van der Waals surface area contributed by atoms with Crippen LogP contribution in [0.3, 0.4) is 0 Å². The molecule has 2 aromatic heterocycles. The SMILES string of the molecule is O=C(NC[C@@H](c1cccnc1)S(=O)(=O)c1ccccc1)c1cccnc1. The van der Waals surface area contributed by atoms with Crippen molar-refractivity contribution in [2.75, 3.05) is 6.54 Å². The van der Waals surface area contributed by atoms with Gasteiger partial charge in [0.1, 0.15) is 5.25 Å². The van der Waals surface area contributed by atoms with Crippen LogP contribution in [0.4, 0.5) is 0 Å². The molecular formula is C19H17N3O3S. The molecule has 0 saturated carbocycles. The van der Waals surface area contributed by atoms with Crippen LogP contribution in [0.25, 0.3) is 0 Å². The Kier molecular flexibility index (Phi) is 5.38. The van der Waals surface area contributed by atoms with Crippen LogP contribution in [0.5, 0.6) is 0 Å². The number of carbonyl (C=O) groups is 1. The van der Waals surface area contributed by atoms with Gasteiger partial charge in [-0.25, -0.2) is 8.42 Å². The third kappa shape index (κ3) is 3.94. The Morgan fingerprint density at radius 2 is 1.62 bits per heavy atom. The first-order valence-corrected chi connectivity index (χ1v) is 9.51. The van der Waals surface area contributed by atoms with Gasteiger partial charge in [-0.3, -0.25) is 14.8 Å². The van der Waals surface area contributed by atoms with E-state index < -0.39 is 15.1 Å². The zero-order valence-corrected chi connectivity index (χ0v) is 14.6. The minimum absolute atomic E-state index is 0.0728. The van der Waals surface area contributed by atoms with E-state index in [1.807, 2.05) is 0 Å². The molecule has 6 nitrogen and oxygen atoms in total. The fourth-order valence-corrected chi connectivity index (χ4v) is 4.20. The third-order valence-corrected chi connectivity index (χ3v) is 5.99. The number of hydrogen-bond acceptors (Lipinski definition) is 5. The van der Waals surface area contributed by atoms with Gasteiger partial charge in [0, 0.05) is 31.3 Å². The Hall–Kier alpha value is -3.06. The smallest absolute Gasteiger partial charge is 0.252 e. The van der Waals surface area contributed by atoms with Gasteiger partial charge < -0.3 is 5.32 Å². The highest BCUT2D eigenvalue weighted by Crippen LogP contribution is 2.28. The maximum absolute atomic E-state index is 13.1. The van der Waals surface area contributed by atoms with Crippen LogP contribution in [0.15, 0.2) is 84.3 Å². The van der Waals surface area contributed by atoms with E-state index in [9.17, 15) is 13.2 Å². The van der Waals surface area contributed by atoms with Crippen molar-refractivity contribution in [2.45, 2.75) is 10.1 Å². The summed E-state index contributed by atoms with van der Waals surface area (Å²) in [7, 11) is -3.70. The first-order chi connectivity index (χ1) is 12.6. The standard InChI is InChI=1S/C19H17N3O3S/c23-19(16-7-5-11-21-13-16)22-14-18(15-6-4-10-20-12-15)26(24,25)17-8-2-1-3-9-17/h1-13,18H,14H2,(H,22,23)/t18-/m0/s1. The quantitative estimate of drug-likeness (QED) is 0.723. The Morgan fingerprint density at radius 3 is 2.23 bits per heavy atom. The highest BCUT2D eigenvalue weighted by Gasteiger charge is 2.29. The molecule has 0 radical (unpaired) electrons. The summed E-state index contributed by atoms with van der Waals surface area (Å²) in [5.74, 6) is -0.379. The summed E-state index contributed by atoms with van der Waals surface area (Å²) in [5.41, 5.74) is 0.886. The van der Waals surface area contributed by atoms with Gasteiger partial charge in [-0.15, -0.1) is 0 Å². The van der Waals surface area contributed by atoms with Gasteiger partial charge in [-0.1, -0.05) is 24.3 Å². The molecule has 3 rings (SSSR count). The molecule has 0 unspecified atom stereocenters. The third-order valence-electron chi connectivity index (χ3n) is 3.87. The van der Waals surface area contributed by atoms with Crippen molar-refractivity contribution >= 4 is 15.7 Å². The Balaban J connectivity index is 1.89. The minimum atomic E-state index is -3.70. The summed E-state index contributed by atoms with van der Waals surface area (Å²) in [4.78, 5) is 20.4. The van der Waals surface area contributed by atoms with E-state index in [1.165, 1.54) is 12.4 Å². The summed E-state index contributed by atoms with van der Waals surface area (Å²) < 4.78 is 26.2. The van der Waals surface area contributed by atoms with Crippen molar-refractivity contribution in [3.63, 3.8) is 0 Å². The normalized spacial score (nSPS) is 12.3. The van der Waals surface area contributed by atoms with Crippen molar-refractivity contribution < 1.29 is 13.2 Å².